The Hall–Kier alpha value is -0.120. The van der Waals surface area contributed by atoms with Crippen LogP contribution in [0.4, 0.5) is 0 Å². The van der Waals surface area contributed by atoms with E-state index in [-0.39, 0.29) is 17.1 Å². The van der Waals surface area contributed by atoms with Gasteiger partial charge in [-0.15, -0.1) is 0 Å². The Morgan fingerprint density at radius 3 is 2.06 bits per heavy atom. The average Bonchev–Trinajstić information content (AvgIpc) is 2.04. The smallest absolute Gasteiger partial charge is 0.0832 e. The van der Waals surface area contributed by atoms with Gasteiger partial charge in [0.25, 0.3) is 0 Å². The first-order chi connectivity index (χ1) is 8.12. The number of hydrogen-bond donors (Lipinski definition) is 3. The lowest BCUT2D eigenvalue weighted by Gasteiger charge is -2.53. The van der Waals surface area contributed by atoms with Crippen LogP contribution in [0.5, 0.6) is 0 Å². The number of piperidine rings is 1. The van der Waals surface area contributed by atoms with Crippen molar-refractivity contribution in [1.29, 1.82) is 0 Å². The third-order valence-electron chi connectivity index (χ3n) is 4.68. The molecule has 2 fully saturated rings. The number of nitrogens with two attached hydrogens (primary N) is 1. The molecule has 1 aliphatic carbocycles. The van der Waals surface area contributed by atoms with Crippen LogP contribution < -0.4 is 11.1 Å². The van der Waals surface area contributed by atoms with E-state index in [1.54, 1.807) is 0 Å². The lowest BCUT2D eigenvalue weighted by atomic mass is 9.67. The first kappa shape index (κ1) is 14.3. The predicted molar refractivity (Wildman–Crippen MR) is 75.4 cm³/mol. The molecule has 0 aromatic rings. The Bertz CT molecular complexity index is 292. The molecule has 0 spiro atoms. The summed E-state index contributed by atoms with van der Waals surface area (Å²) in [4.78, 5) is 0. The molecule has 1 saturated carbocycles. The fraction of sp³-hybridized carbons (Fsp3) is 1.00. The molecule has 0 aromatic heterocycles. The lowest BCUT2D eigenvalue weighted by molar-refractivity contribution is -0.0791. The Labute approximate surface area is 112 Å². The molecule has 1 unspecified atom stereocenters. The molecular formula is C15H30N2O. The number of aliphatic hydroxyl groups is 1. The second-order valence-corrected chi connectivity index (χ2v) is 7.99. The molecule has 3 nitrogen and oxygen atoms in total. The van der Waals surface area contributed by atoms with Gasteiger partial charge in [0.2, 0.25) is 0 Å². The van der Waals surface area contributed by atoms with Crippen molar-refractivity contribution in [1.82, 2.24) is 5.32 Å². The summed E-state index contributed by atoms with van der Waals surface area (Å²) in [5.74, 6) is 0.755. The van der Waals surface area contributed by atoms with Crippen molar-refractivity contribution in [2.24, 2.45) is 11.7 Å². The van der Waals surface area contributed by atoms with Crippen molar-refractivity contribution in [3.8, 4) is 0 Å². The van der Waals surface area contributed by atoms with Crippen LogP contribution in [-0.4, -0.2) is 27.8 Å². The molecule has 0 amide bonds. The fourth-order valence-corrected chi connectivity index (χ4v) is 4.17. The maximum Gasteiger partial charge on any atom is 0.0832 e. The number of hydrogen-bond acceptors (Lipinski definition) is 3. The summed E-state index contributed by atoms with van der Waals surface area (Å²) in [6.07, 6.45) is 6.43. The monoisotopic (exact) mass is 254 g/mol. The SMILES string of the molecule is CC1(C)CC(O)(C(N)CC2CCC2)CC(C)(C)N1. The van der Waals surface area contributed by atoms with Crippen molar-refractivity contribution in [3.63, 3.8) is 0 Å². The quantitative estimate of drug-likeness (QED) is 0.723. The highest BCUT2D eigenvalue weighted by Crippen LogP contribution is 2.40. The average molecular weight is 254 g/mol. The van der Waals surface area contributed by atoms with Gasteiger partial charge in [0.05, 0.1) is 5.60 Å². The molecule has 0 radical (unpaired) electrons. The van der Waals surface area contributed by atoms with Crippen LogP contribution in [0.25, 0.3) is 0 Å². The van der Waals surface area contributed by atoms with Crippen LogP contribution in [0.15, 0.2) is 0 Å². The zero-order chi connectivity index (χ0) is 13.6. The molecular weight excluding hydrogens is 224 g/mol. The van der Waals surface area contributed by atoms with Gasteiger partial charge in [0.15, 0.2) is 0 Å². The van der Waals surface area contributed by atoms with Gasteiger partial charge in [0.1, 0.15) is 0 Å². The van der Waals surface area contributed by atoms with E-state index in [4.69, 9.17) is 5.73 Å². The second kappa shape index (κ2) is 4.46. The zero-order valence-electron chi connectivity index (χ0n) is 12.4. The van der Waals surface area contributed by atoms with E-state index in [2.05, 4.69) is 33.0 Å². The Morgan fingerprint density at radius 1 is 1.17 bits per heavy atom. The molecule has 3 heteroatoms. The summed E-state index contributed by atoms with van der Waals surface area (Å²) < 4.78 is 0. The highest BCUT2D eigenvalue weighted by Gasteiger charge is 2.49. The van der Waals surface area contributed by atoms with Gasteiger partial charge in [0, 0.05) is 17.1 Å². The predicted octanol–water partition coefficient (Wildman–Crippen LogP) is 2.18. The molecule has 0 bridgehead atoms. The third kappa shape index (κ3) is 3.06. The summed E-state index contributed by atoms with van der Waals surface area (Å²) in [7, 11) is 0. The summed E-state index contributed by atoms with van der Waals surface area (Å²) in [6, 6.07) is -0.0801. The Kier molecular flexibility index (Phi) is 3.54. The third-order valence-corrected chi connectivity index (χ3v) is 4.68. The molecule has 1 saturated heterocycles. The first-order valence-electron chi connectivity index (χ1n) is 7.39. The Balaban J connectivity index is 2.07. The maximum absolute atomic E-state index is 11.0. The fourth-order valence-electron chi connectivity index (χ4n) is 4.17. The van der Waals surface area contributed by atoms with Gasteiger partial charge < -0.3 is 16.2 Å². The lowest BCUT2D eigenvalue weighted by Crippen LogP contribution is -2.68. The van der Waals surface area contributed by atoms with Gasteiger partial charge in [-0.3, -0.25) is 0 Å². The van der Waals surface area contributed by atoms with Crippen LogP contribution >= 0.6 is 0 Å². The summed E-state index contributed by atoms with van der Waals surface area (Å²) in [6.45, 7) is 8.65. The summed E-state index contributed by atoms with van der Waals surface area (Å²) in [5.41, 5.74) is 5.55. The molecule has 2 aliphatic rings. The minimum atomic E-state index is -0.714. The van der Waals surface area contributed by atoms with Crippen LogP contribution in [0, 0.1) is 5.92 Å². The summed E-state index contributed by atoms with van der Waals surface area (Å²) in [5, 5.41) is 14.6. The van der Waals surface area contributed by atoms with Crippen molar-refractivity contribution in [2.45, 2.75) is 88.9 Å². The molecule has 1 heterocycles. The molecule has 4 N–H and O–H groups in total. The number of nitrogens with one attached hydrogen (secondary N) is 1. The normalized spacial score (nSPS) is 31.7. The van der Waals surface area contributed by atoms with Crippen molar-refractivity contribution >= 4 is 0 Å². The van der Waals surface area contributed by atoms with Gasteiger partial charge in [-0.25, -0.2) is 0 Å². The minimum absolute atomic E-state index is 0.0479. The van der Waals surface area contributed by atoms with Crippen LogP contribution in [-0.2, 0) is 0 Å². The van der Waals surface area contributed by atoms with Crippen molar-refractivity contribution in [3.05, 3.63) is 0 Å². The van der Waals surface area contributed by atoms with E-state index in [9.17, 15) is 5.11 Å². The minimum Gasteiger partial charge on any atom is -0.388 e. The standard InChI is InChI=1S/C15H30N2O/c1-13(2)9-15(18,10-14(3,4)17-13)12(16)8-11-6-5-7-11/h11-12,17-18H,5-10,16H2,1-4H3. The van der Waals surface area contributed by atoms with Gasteiger partial charge in [-0.2, -0.15) is 0 Å². The van der Waals surface area contributed by atoms with E-state index >= 15 is 0 Å². The van der Waals surface area contributed by atoms with Gasteiger partial charge in [-0.1, -0.05) is 19.3 Å². The van der Waals surface area contributed by atoms with E-state index in [0.29, 0.717) is 0 Å². The highest BCUT2D eigenvalue weighted by molar-refractivity contribution is 5.08. The van der Waals surface area contributed by atoms with E-state index < -0.39 is 5.60 Å². The molecule has 18 heavy (non-hydrogen) atoms. The highest BCUT2D eigenvalue weighted by atomic mass is 16.3. The van der Waals surface area contributed by atoms with E-state index in [1.165, 1.54) is 19.3 Å². The molecule has 2 rings (SSSR count). The second-order valence-electron chi connectivity index (χ2n) is 7.99. The molecule has 1 atom stereocenters. The molecule has 106 valence electrons. The largest absolute Gasteiger partial charge is 0.388 e. The summed E-state index contributed by atoms with van der Waals surface area (Å²) >= 11 is 0. The first-order valence-corrected chi connectivity index (χ1v) is 7.39. The Morgan fingerprint density at radius 2 is 1.67 bits per heavy atom. The van der Waals surface area contributed by atoms with E-state index in [1.807, 2.05) is 0 Å². The van der Waals surface area contributed by atoms with Crippen molar-refractivity contribution < 1.29 is 5.11 Å². The molecule has 1 aliphatic heterocycles. The van der Waals surface area contributed by atoms with Crippen LogP contribution in [0.1, 0.15) is 66.2 Å². The van der Waals surface area contributed by atoms with Crippen LogP contribution in [0.3, 0.4) is 0 Å². The van der Waals surface area contributed by atoms with Gasteiger partial charge >= 0.3 is 0 Å². The van der Waals surface area contributed by atoms with Crippen LogP contribution in [0.2, 0.25) is 0 Å². The number of rotatable bonds is 3. The van der Waals surface area contributed by atoms with Gasteiger partial charge in [-0.05, 0) is 52.9 Å². The van der Waals surface area contributed by atoms with E-state index in [0.717, 1.165) is 25.2 Å². The zero-order valence-corrected chi connectivity index (χ0v) is 12.4. The maximum atomic E-state index is 11.0. The molecule has 0 aromatic carbocycles. The van der Waals surface area contributed by atoms with Crippen molar-refractivity contribution in [2.75, 3.05) is 0 Å². The topological polar surface area (TPSA) is 58.3 Å².